The van der Waals surface area contributed by atoms with Crippen molar-refractivity contribution in [3.63, 3.8) is 0 Å². The molecular weight excluding hydrogens is 391 g/mol. The summed E-state index contributed by atoms with van der Waals surface area (Å²) in [6.07, 6.45) is 1.39. The summed E-state index contributed by atoms with van der Waals surface area (Å²) in [4.78, 5) is 9.50. The van der Waals surface area contributed by atoms with Crippen LogP contribution in [0.15, 0.2) is 103 Å². The number of fused-ring (bicyclic) bond motifs is 1. The Morgan fingerprint density at radius 3 is 1.83 bits per heavy atom. The van der Waals surface area contributed by atoms with Gasteiger partial charge in [0.05, 0.1) is 0 Å². The molecule has 1 N–H and O–H groups in total. The maximum absolute atomic E-state index is 11.6. The van der Waals surface area contributed by atoms with Crippen LogP contribution in [-0.4, -0.2) is 11.5 Å². The van der Waals surface area contributed by atoms with E-state index in [2.05, 4.69) is 54.6 Å². The molecule has 1 atom stereocenters. The van der Waals surface area contributed by atoms with Crippen molar-refractivity contribution >= 4 is 19.0 Å². The topological polar surface area (TPSA) is 46.5 Å². The van der Waals surface area contributed by atoms with Gasteiger partial charge < -0.3 is 0 Å². The van der Waals surface area contributed by atoms with Gasteiger partial charge in [-0.25, -0.2) is 0 Å². The first kappa shape index (κ1) is 20.4. The highest BCUT2D eigenvalue weighted by molar-refractivity contribution is 7.32. The van der Waals surface area contributed by atoms with Crippen molar-refractivity contribution in [2.24, 2.45) is 0 Å². The highest BCUT2D eigenvalue weighted by Gasteiger charge is 2.38. The first-order valence-corrected chi connectivity index (χ1v) is 11.1. The Labute approximate surface area is 177 Å². The van der Waals surface area contributed by atoms with Crippen molar-refractivity contribution < 1.29 is 14.0 Å². The lowest BCUT2D eigenvalue weighted by atomic mass is 9.70. The first-order chi connectivity index (χ1) is 14.7. The van der Waals surface area contributed by atoms with Crippen LogP contribution in [0.2, 0.25) is 0 Å². The molecule has 0 aliphatic carbocycles. The molecule has 150 valence electrons. The Bertz CT molecular complexity index is 1080. The molecule has 4 aromatic carbocycles. The Hall–Kier alpha value is -2.84. The van der Waals surface area contributed by atoms with Crippen molar-refractivity contribution in [2.45, 2.75) is 18.3 Å². The lowest BCUT2D eigenvalue weighted by Gasteiger charge is -2.34. The summed E-state index contributed by atoms with van der Waals surface area (Å²) < 4.78 is 17.0. The van der Waals surface area contributed by atoms with Gasteiger partial charge in [0.2, 0.25) is 0 Å². The monoisotopic (exact) mass is 415 g/mol. The third-order valence-corrected chi connectivity index (χ3v) is 5.93. The fourth-order valence-electron chi connectivity index (χ4n) is 4.27. The Morgan fingerprint density at radius 2 is 1.23 bits per heavy atom. The van der Waals surface area contributed by atoms with Gasteiger partial charge in [-0.15, -0.1) is 9.42 Å². The summed E-state index contributed by atoms with van der Waals surface area (Å²) >= 11 is 0. The van der Waals surface area contributed by atoms with Crippen LogP contribution in [0.1, 0.15) is 16.7 Å². The second-order valence-corrected chi connectivity index (χ2v) is 8.38. The van der Waals surface area contributed by atoms with Crippen LogP contribution in [0.25, 0.3) is 10.8 Å². The van der Waals surface area contributed by atoms with Crippen LogP contribution in [0.5, 0.6) is 0 Å². The van der Waals surface area contributed by atoms with Gasteiger partial charge >= 0.3 is 8.25 Å². The van der Waals surface area contributed by atoms with E-state index in [1.165, 1.54) is 0 Å². The summed E-state index contributed by atoms with van der Waals surface area (Å²) in [6.45, 7) is 0.149. The van der Waals surface area contributed by atoms with E-state index in [1.807, 2.05) is 48.5 Å². The van der Waals surface area contributed by atoms with Crippen molar-refractivity contribution in [2.75, 3.05) is 6.61 Å². The van der Waals surface area contributed by atoms with Crippen LogP contribution >= 0.6 is 8.25 Å². The zero-order valence-corrected chi connectivity index (χ0v) is 17.5. The van der Waals surface area contributed by atoms with E-state index >= 15 is 0 Å². The molecule has 0 aromatic heterocycles. The summed E-state index contributed by atoms with van der Waals surface area (Å²) in [7, 11) is -2.70. The lowest BCUT2D eigenvalue weighted by molar-refractivity contribution is 0.199. The smallest absolute Gasteiger partial charge is 0.133 e. The molecule has 0 bridgehead atoms. The molecule has 0 amide bonds. The van der Waals surface area contributed by atoms with Crippen LogP contribution in [0.3, 0.4) is 0 Å². The van der Waals surface area contributed by atoms with E-state index < -0.39 is 13.7 Å². The third-order valence-electron chi connectivity index (χ3n) is 5.58. The predicted molar refractivity (Wildman–Crippen MR) is 122 cm³/mol. The van der Waals surface area contributed by atoms with Gasteiger partial charge in [-0.1, -0.05) is 103 Å². The molecule has 3 nitrogen and oxygen atoms in total. The van der Waals surface area contributed by atoms with Crippen molar-refractivity contribution in [3.8, 4) is 0 Å². The molecular formula is C26H24O3P+. The first-order valence-electron chi connectivity index (χ1n) is 10.0. The number of rotatable bonds is 8. The number of benzene rings is 4. The van der Waals surface area contributed by atoms with Crippen molar-refractivity contribution in [1.29, 1.82) is 0 Å². The highest BCUT2D eigenvalue weighted by atomic mass is 31.1. The van der Waals surface area contributed by atoms with Crippen LogP contribution in [0.4, 0.5) is 0 Å². The molecule has 30 heavy (non-hydrogen) atoms. The Balaban J connectivity index is 1.91. The predicted octanol–water partition coefficient (Wildman–Crippen LogP) is 6.23. The van der Waals surface area contributed by atoms with E-state index in [-0.39, 0.29) is 6.61 Å². The zero-order valence-electron chi connectivity index (χ0n) is 16.6. The maximum Gasteiger partial charge on any atom is 0.694 e. The maximum atomic E-state index is 11.6. The van der Waals surface area contributed by atoms with Crippen LogP contribution < -0.4 is 0 Å². The lowest BCUT2D eigenvalue weighted by Crippen LogP contribution is -2.36. The molecule has 1 unspecified atom stereocenters. The summed E-state index contributed by atoms with van der Waals surface area (Å²) in [6, 6.07) is 35.1. The van der Waals surface area contributed by atoms with E-state index in [9.17, 15) is 9.46 Å². The average molecular weight is 415 g/mol. The van der Waals surface area contributed by atoms with Gasteiger partial charge in [0.15, 0.2) is 0 Å². The van der Waals surface area contributed by atoms with Crippen molar-refractivity contribution in [1.82, 2.24) is 0 Å². The van der Waals surface area contributed by atoms with Gasteiger partial charge in [0.1, 0.15) is 6.61 Å². The van der Waals surface area contributed by atoms with E-state index in [4.69, 9.17) is 4.52 Å². The van der Waals surface area contributed by atoms with E-state index in [1.54, 1.807) is 0 Å². The van der Waals surface area contributed by atoms with Crippen LogP contribution in [-0.2, 0) is 27.3 Å². The molecule has 0 fully saturated rings. The largest absolute Gasteiger partial charge is 0.694 e. The molecule has 4 aromatic rings. The number of hydrogen-bond donors (Lipinski definition) is 1. The molecule has 0 aliphatic heterocycles. The Morgan fingerprint density at radius 1 is 0.700 bits per heavy atom. The molecule has 0 saturated heterocycles. The summed E-state index contributed by atoms with van der Waals surface area (Å²) in [5, 5.41) is 2.29. The fraction of sp³-hybridized carbons (Fsp3) is 0.154. The zero-order chi connectivity index (χ0) is 20.8. The van der Waals surface area contributed by atoms with Gasteiger partial charge in [0, 0.05) is 9.98 Å². The third kappa shape index (κ3) is 4.66. The average Bonchev–Trinajstić information content (AvgIpc) is 2.78. The molecule has 0 heterocycles. The minimum absolute atomic E-state index is 0.149. The fourth-order valence-corrected chi connectivity index (χ4v) is 4.63. The van der Waals surface area contributed by atoms with Gasteiger partial charge in [-0.05, 0) is 40.3 Å². The van der Waals surface area contributed by atoms with Gasteiger partial charge in [0.25, 0.3) is 0 Å². The number of hydrogen-bond acceptors (Lipinski definition) is 2. The highest BCUT2D eigenvalue weighted by Crippen LogP contribution is 2.39. The minimum atomic E-state index is -2.70. The van der Waals surface area contributed by atoms with Gasteiger partial charge in [-0.2, -0.15) is 0 Å². The quantitative estimate of drug-likeness (QED) is 0.347. The SMILES string of the molecule is O=[P+](O)OCC(Cc1ccccc1)(Cc1ccccc1)c1cccc2ccccc12. The molecule has 4 heteroatoms. The summed E-state index contributed by atoms with van der Waals surface area (Å²) in [5.41, 5.74) is 2.96. The van der Waals surface area contributed by atoms with Crippen LogP contribution in [0, 0.1) is 0 Å². The molecule has 0 spiro atoms. The molecule has 0 aliphatic rings. The Kier molecular flexibility index (Phi) is 6.35. The second-order valence-electron chi connectivity index (χ2n) is 7.64. The van der Waals surface area contributed by atoms with E-state index in [0.717, 1.165) is 27.5 Å². The van der Waals surface area contributed by atoms with Gasteiger partial charge in [-0.3, -0.25) is 0 Å². The second kappa shape index (κ2) is 9.32. The molecule has 0 radical (unpaired) electrons. The van der Waals surface area contributed by atoms with Crippen molar-refractivity contribution in [3.05, 3.63) is 120 Å². The standard InChI is InChI=1S/C26H23O3P/c27-30(28)29-20-26(18-21-10-3-1-4-11-21,19-22-12-5-2-6-13-22)25-17-9-15-23-14-7-8-16-24(23)25/h1-17H,18-20H2/p+1. The minimum Gasteiger partial charge on any atom is -0.133 e. The molecule has 0 saturated carbocycles. The normalized spacial score (nSPS) is 12.1. The summed E-state index contributed by atoms with van der Waals surface area (Å²) in [5.74, 6) is 0. The van der Waals surface area contributed by atoms with E-state index in [0.29, 0.717) is 12.8 Å². The molecule has 4 rings (SSSR count).